The van der Waals surface area contributed by atoms with Crippen LogP contribution in [-0.4, -0.2) is 162 Å². The molecule has 0 spiro atoms. The van der Waals surface area contributed by atoms with E-state index in [0.29, 0.717) is 18.7 Å². The Morgan fingerprint density at radius 1 is 0.877 bits per heavy atom. The van der Waals surface area contributed by atoms with Crippen LogP contribution >= 0.6 is 0 Å². The molecule has 1 aromatic carbocycles. The number of nitrogens with zero attached hydrogens (tertiary/aromatic N) is 2. The highest BCUT2D eigenvalue weighted by atomic mass is 16.7. The number of alkyl carbamates (subject to hydrolysis) is 1. The van der Waals surface area contributed by atoms with Crippen LogP contribution in [0.2, 0.25) is 0 Å². The molecule has 0 unspecified atom stereocenters. The van der Waals surface area contributed by atoms with E-state index in [1.165, 1.54) is 18.4 Å². The number of likely N-dealkylation sites (N-methyl/N-ethyl adjacent to an activating group) is 2. The number of aliphatic hydroxyl groups is 3. The van der Waals surface area contributed by atoms with Crippen molar-refractivity contribution in [3.05, 3.63) is 66.1 Å². The summed E-state index contributed by atoms with van der Waals surface area (Å²) in [4.78, 5) is 57.5. The molecule has 4 heterocycles. The van der Waals surface area contributed by atoms with Gasteiger partial charge in [0, 0.05) is 49.0 Å². The highest BCUT2D eigenvalue weighted by Gasteiger charge is 2.52. The van der Waals surface area contributed by atoms with Crippen molar-refractivity contribution < 1.29 is 72.1 Å². The van der Waals surface area contributed by atoms with Gasteiger partial charge in [0.25, 0.3) is 5.91 Å². The SMILES string of the molecule is CC[C@H]1OC(=O)[C@H](C)[C@@H](O[C@H]2CC(C)(C)[C@@H](OC(=O)NNC(=O)/C=C/c3ccco3)[C@H](C)O2)[C@H](C)[C@@H](O[C@@H]2O[C@H](C)C[C@H](N(C)C)[C@H]2O)[C@@](C)(O)C[C@@H](C)CN(C)[C@H](C)[C@@H](OC(=O)NCc2ccccc2)[C@H]1O. The van der Waals surface area contributed by atoms with E-state index in [1.807, 2.05) is 95.9 Å². The van der Waals surface area contributed by atoms with Crippen molar-refractivity contribution in [1.29, 1.82) is 0 Å². The molecule has 410 valence electrons. The second-order valence-electron chi connectivity index (χ2n) is 21.6. The molecule has 20 heteroatoms. The number of carbonyl (C=O) groups is 4. The highest BCUT2D eigenvalue weighted by molar-refractivity contribution is 5.92. The summed E-state index contributed by atoms with van der Waals surface area (Å²) in [7, 11) is 5.56. The first-order chi connectivity index (χ1) is 34.3. The lowest BCUT2D eigenvalue weighted by Crippen LogP contribution is -2.60. The molecule has 0 radical (unpaired) electrons. The third kappa shape index (κ3) is 16.2. The summed E-state index contributed by atoms with van der Waals surface area (Å²) < 4.78 is 49.7. The fourth-order valence-electron chi connectivity index (χ4n) is 10.6. The van der Waals surface area contributed by atoms with E-state index in [0.717, 1.165) is 5.56 Å². The molecule has 0 bridgehead atoms. The fraction of sp³-hybridized carbons (Fsp3) is 0.698. The van der Waals surface area contributed by atoms with Crippen LogP contribution in [0.3, 0.4) is 0 Å². The standard InChI is InChI=1S/C53H83N5O15/c1-14-39-43(61)45(71-50(63)54-28-36-19-16-15-17-20-36)34(6)58(13)29-30(2)26-53(10,65)46(72-49-42(60)38(57(11)12)25-31(3)67-49)32(4)44(33(5)48(62)69-39)70-41-27-52(8,9)47(35(7)68-41)73-51(64)56-55-40(59)23-22-37-21-18-24-66-37/h15-24,30-35,38-39,41-47,49,60-61,65H,14,25-29H2,1-13H3,(H,54,63)(H,55,59)(H,56,64)/b23-22+/t30-,31-,32+,33-,34-,35+,38+,39-,41+,42-,43+,44+,45-,46-,47+,49+,53+/m1/s1. The van der Waals surface area contributed by atoms with Gasteiger partial charge in [0.2, 0.25) is 0 Å². The minimum Gasteiger partial charge on any atom is -0.465 e. The zero-order chi connectivity index (χ0) is 53.9. The summed E-state index contributed by atoms with van der Waals surface area (Å²) in [5.41, 5.74) is 2.91. The molecule has 6 N–H and O–H groups in total. The number of esters is 1. The molecule has 2 aromatic rings. The lowest BCUT2D eigenvalue weighted by atomic mass is 9.77. The summed E-state index contributed by atoms with van der Waals surface area (Å²) >= 11 is 0. The van der Waals surface area contributed by atoms with Crippen LogP contribution in [0.15, 0.2) is 59.2 Å². The van der Waals surface area contributed by atoms with Crippen LogP contribution in [0.5, 0.6) is 0 Å². The van der Waals surface area contributed by atoms with Crippen molar-refractivity contribution in [3.63, 3.8) is 0 Å². The third-order valence-electron chi connectivity index (χ3n) is 14.5. The summed E-state index contributed by atoms with van der Waals surface area (Å²) in [6.45, 7) is 18.5. The molecule has 17 atom stereocenters. The Morgan fingerprint density at radius 3 is 2.21 bits per heavy atom. The molecule has 3 fully saturated rings. The van der Waals surface area contributed by atoms with Crippen molar-refractivity contribution in [3.8, 4) is 0 Å². The maximum absolute atomic E-state index is 14.7. The van der Waals surface area contributed by atoms with E-state index in [9.17, 15) is 34.5 Å². The number of furan rings is 1. The number of carbonyl (C=O) groups excluding carboxylic acids is 4. The number of nitrogens with one attached hydrogen (secondary N) is 3. The van der Waals surface area contributed by atoms with Gasteiger partial charge < -0.3 is 63.1 Å². The van der Waals surface area contributed by atoms with Gasteiger partial charge in [-0.1, -0.05) is 65.0 Å². The normalized spacial score (nSPS) is 36.0. The second kappa shape index (κ2) is 26.2. The first-order valence-electron chi connectivity index (χ1n) is 25.6. The molecular formula is C53H83N5O15. The molecule has 0 saturated carbocycles. The van der Waals surface area contributed by atoms with Gasteiger partial charge in [0.05, 0.1) is 42.2 Å². The number of amides is 3. The van der Waals surface area contributed by atoms with Gasteiger partial charge in [-0.2, -0.15) is 0 Å². The number of aliphatic hydroxyl groups excluding tert-OH is 2. The van der Waals surface area contributed by atoms with Gasteiger partial charge >= 0.3 is 18.2 Å². The van der Waals surface area contributed by atoms with E-state index >= 15 is 0 Å². The van der Waals surface area contributed by atoms with Gasteiger partial charge in [-0.3, -0.25) is 19.9 Å². The predicted octanol–water partition coefficient (Wildman–Crippen LogP) is 5.14. The third-order valence-corrected chi connectivity index (χ3v) is 14.5. The average molecular weight is 1030 g/mol. The van der Waals surface area contributed by atoms with E-state index in [2.05, 4.69) is 16.2 Å². The molecule has 3 aliphatic heterocycles. The molecule has 3 aliphatic rings. The summed E-state index contributed by atoms with van der Waals surface area (Å²) in [5.74, 6) is -3.15. The number of hydrazine groups is 1. The van der Waals surface area contributed by atoms with E-state index in [1.54, 1.807) is 46.8 Å². The fourth-order valence-corrected chi connectivity index (χ4v) is 10.6. The monoisotopic (exact) mass is 1030 g/mol. The number of rotatable bonds is 12. The van der Waals surface area contributed by atoms with Gasteiger partial charge in [-0.15, -0.1) is 0 Å². The Labute approximate surface area is 430 Å². The Hall–Kier alpha value is -4.64. The smallest absolute Gasteiger partial charge is 0.426 e. The zero-order valence-electron chi connectivity index (χ0n) is 44.9. The van der Waals surface area contributed by atoms with Crippen molar-refractivity contribution in [2.24, 2.45) is 23.2 Å². The summed E-state index contributed by atoms with van der Waals surface area (Å²) in [6, 6.07) is 11.7. The van der Waals surface area contributed by atoms with Gasteiger partial charge in [0.1, 0.15) is 36.3 Å². The maximum Gasteiger partial charge on any atom is 0.426 e. The minimum atomic E-state index is -1.67. The Balaban J connectivity index is 1.46. The lowest BCUT2D eigenvalue weighted by Gasteiger charge is -2.49. The minimum absolute atomic E-state index is 0.148. The Kier molecular flexibility index (Phi) is 21.3. The van der Waals surface area contributed by atoms with Crippen LogP contribution in [0.25, 0.3) is 6.08 Å². The van der Waals surface area contributed by atoms with E-state index in [4.69, 9.17) is 37.6 Å². The van der Waals surface area contributed by atoms with Crippen molar-refractivity contribution in [2.45, 2.75) is 187 Å². The molecule has 73 heavy (non-hydrogen) atoms. The van der Waals surface area contributed by atoms with Crippen LogP contribution in [0, 0.1) is 23.2 Å². The molecule has 20 nitrogen and oxygen atoms in total. The summed E-state index contributed by atoms with van der Waals surface area (Å²) in [5, 5.41) is 39.6. The van der Waals surface area contributed by atoms with Gasteiger partial charge in [-0.25, -0.2) is 15.0 Å². The topological polar surface area (TPSA) is 249 Å². The van der Waals surface area contributed by atoms with Crippen LogP contribution in [0.4, 0.5) is 9.59 Å². The molecule has 1 aromatic heterocycles. The van der Waals surface area contributed by atoms with Crippen LogP contribution in [-0.2, 0) is 49.3 Å². The van der Waals surface area contributed by atoms with Gasteiger partial charge in [0.15, 0.2) is 12.6 Å². The zero-order valence-corrected chi connectivity index (χ0v) is 44.9. The van der Waals surface area contributed by atoms with Crippen molar-refractivity contribution in [1.82, 2.24) is 26.0 Å². The largest absolute Gasteiger partial charge is 0.465 e. The number of hydrogen-bond donors (Lipinski definition) is 6. The first kappa shape index (κ1) is 59.2. The molecule has 0 aliphatic carbocycles. The molecule has 3 amide bonds. The highest BCUT2D eigenvalue weighted by Crippen LogP contribution is 2.42. The maximum atomic E-state index is 14.7. The van der Waals surface area contributed by atoms with E-state index in [-0.39, 0.29) is 43.9 Å². The predicted molar refractivity (Wildman–Crippen MR) is 269 cm³/mol. The number of cyclic esters (lactones) is 1. The first-order valence-corrected chi connectivity index (χ1v) is 25.6. The quantitative estimate of drug-likeness (QED) is 0.0697. The second-order valence-corrected chi connectivity index (χ2v) is 21.6. The number of benzene rings is 1. The lowest BCUT2D eigenvalue weighted by molar-refractivity contribution is -0.312. The molecular weight excluding hydrogens is 947 g/mol. The van der Waals surface area contributed by atoms with Gasteiger partial charge in [-0.05, 0) is 105 Å². The van der Waals surface area contributed by atoms with E-state index < -0.39 is 114 Å². The van der Waals surface area contributed by atoms with Crippen molar-refractivity contribution in [2.75, 3.05) is 27.7 Å². The molecule has 3 saturated heterocycles. The van der Waals surface area contributed by atoms with Crippen LogP contribution < -0.4 is 16.2 Å². The Morgan fingerprint density at radius 2 is 1.58 bits per heavy atom. The van der Waals surface area contributed by atoms with Crippen molar-refractivity contribution >= 4 is 30.1 Å². The number of ether oxygens (including phenoxy) is 7. The average Bonchev–Trinajstić information content (AvgIpc) is 3.86. The summed E-state index contributed by atoms with van der Waals surface area (Å²) in [6.07, 6.45) is -7.95. The Bertz CT molecular complexity index is 2090. The van der Waals surface area contributed by atoms with Crippen LogP contribution in [0.1, 0.15) is 106 Å². The number of hydrogen-bond acceptors (Lipinski definition) is 17. The molecule has 5 rings (SSSR count).